The lowest BCUT2D eigenvalue weighted by Crippen LogP contribution is -2.38. The van der Waals surface area contributed by atoms with E-state index in [9.17, 15) is 62.4 Å². The van der Waals surface area contributed by atoms with Gasteiger partial charge in [-0.15, -0.1) is 0 Å². The van der Waals surface area contributed by atoms with Gasteiger partial charge in [0.05, 0.1) is 28.2 Å². The second kappa shape index (κ2) is 11.7. The summed E-state index contributed by atoms with van der Waals surface area (Å²) in [5.74, 6) is -8.79. The molecule has 0 aromatic heterocycles. The van der Waals surface area contributed by atoms with E-state index in [-0.39, 0.29) is 31.2 Å². The number of hydrogen-bond donors (Lipinski definition) is 7. The number of nitrogens with one attached hydrogen (secondary N) is 1. The molecule has 0 spiro atoms. The van der Waals surface area contributed by atoms with E-state index in [0.29, 0.717) is 0 Å². The van der Waals surface area contributed by atoms with Gasteiger partial charge in [-0.1, -0.05) is 0 Å². The van der Waals surface area contributed by atoms with Crippen LogP contribution in [0, 0.1) is 5.92 Å². The zero-order valence-electron chi connectivity index (χ0n) is 19.7. The number of carboxylic acid groups (broad SMARTS) is 4. The van der Waals surface area contributed by atoms with E-state index in [1.807, 2.05) is 0 Å². The molecule has 0 radical (unpaired) electrons. The van der Waals surface area contributed by atoms with Gasteiger partial charge in [0.25, 0.3) is 0 Å². The van der Waals surface area contributed by atoms with Crippen molar-refractivity contribution in [2.24, 2.45) is 17.4 Å². The fraction of sp³-hybridized carbons (Fsp3) is 0.304. The van der Waals surface area contributed by atoms with Crippen LogP contribution in [0.5, 0.6) is 0 Å². The van der Waals surface area contributed by atoms with Gasteiger partial charge in [0.15, 0.2) is 0 Å². The average molecular weight is 557 g/mol. The fourth-order valence-corrected chi connectivity index (χ4v) is 4.52. The molecule has 0 unspecified atom stereocenters. The van der Waals surface area contributed by atoms with Gasteiger partial charge in [0.1, 0.15) is 0 Å². The first-order valence-electron chi connectivity index (χ1n) is 11.0. The number of hydrogen-bond acceptors (Lipinski definition) is 6. The Balaban J connectivity index is 0.000000673. The summed E-state index contributed by atoms with van der Waals surface area (Å²) in [5.41, 5.74) is 6.32. The summed E-state index contributed by atoms with van der Waals surface area (Å²) < 4.78 is 39.1. The standard InChI is InChI=1S/C21H17F3O8.C2H5N3O2/c22-21(23,24)9-3-1-8(2-4-9)12-7-13(19(29)30)14-10(17(25)26)5-6-11(18(27)28)15(14)16(12)20(31)32;3-1(6)5-2(4)7/h5-9H,1-4H2,(H,25,26)(H,27,28)(H,29,30)(H,31,32);(H5,3,4,5,6,7)/t8-,9+;. The Morgan fingerprint density at radius 3 is 1.49 bits per heavy atom. The van der Waals surface area contributed by atoms with Crippen molar-refractivity contribution < 1.29 is 62.4 Å². The van der Waals surface area contributed by atoms with Crippen LogP contribution in [0.2, 0.25) is 0 Å². The number of benzene rings is 2. The fourth-order valence-electron chi connectivity index (χ4n) is 4.52. The average Bonchev–Trinajstić information content (AvgIpc) is 2.80. The highest BCUT2D eigenvalue weighted by Crippen LogP contribution is 2.45. The Bertz CT molecular complexity index is 1350. The highest BCUT2D eigenvalue weighted by molar-refractivity contribution is 6.22. The van der Waals surface area contributed by atoms with Gasteiger partial charge in [0.2, 0.25) is 0 Å². The summed E-state index contributed by atoms with van der Waals surface area (Å²) in [7, 11) is 0. The summed E-state index contributed by atoms with van der Waals surface area (Å²) in [4.78, 5) is 66.8. The molecule has 0 bridgehead atoms. The Kier molecular flexibility index (Phi) is 9.07. The Morgan fingerprint density at radius 2 is 1.15 bits per heavy atom. The molecule has 16 heteroatoms. The van der Waals surface area contributed by atoms with E-state index >= 15 is 0 Å². The number of urea groups is 2. The minimum Gasteiger partial charge on any atom is -0.478 e. The van der Waals surface area contributed by atoms with Gasteiger partial charge in [-0.3, -0.25) is 5.32 Å². The van der Waals surface area contributed by atoms with Crippen molar-refractivity contribution in [1.82, 2.24) is 5.32 Å². The molecule has 13 nitrogen and oxygen atoms in total. The SMILES string of the molecule is NC(=O)NC(N)=O.O=C(O)c1ccc(C(=O)O)c2c(C(=O)O)c([C@H]3CC[C@@H](C(F)(F)F)CC3)cc(C(=O)O)c12. The number of imide groups is 1. The zero-order chi connectivity index (χ0) is 29.8. The molecule has 9 N–H and O–H groups in total. The molecule has 1 aliphatic carbocycles. The minimum absolute atomic E-state index is 0.0873. The minimum atomic E-state index is -4.41. The number of aromatic carboxylic acids is 4. The van der Waals surface area contributed by atoms with Crippen molar-refractivity contribution in [3.8, 4) is 0 Å². The third-order valence-corrected chi connectivity index (χ3v) is 6.09. The van der Waals surface area contributed by atoms with E-state index in [1.165, 1.54) is 0 Å². The van der Waals surface area contributed by atoms with Crippen LogP contribution >= 0.6 is 0 Å². The van der Waals surface area contributed by atoms with Crippen LogP contribution < -0.4 is 16.8 Å². The molecule has 0 heterocycles. The van der Waals surface area contributed by atoms with E-state index in [2.05, 4.69) is 11.5 Å². The number of carbonyl (C=O) groups excluding carboxylic acids is 2. The van der Waals surface area contributed by atoms with Gasteiger partial charge >= 0.3 is 42.1 Å². The third-order valence-electron chi connectivity index (χ3n) is 6.09. The van der Waals surface area contributed by atoms with Gasteiger partial charge < -0.3 is 31.9 Å². The lowest BCUT2D eigenvalue weighted by atomic mass is 9.75. The molecule has 2 aromatic carbocycles. The lowest BCUT2D eigenvalue weighted by Gasteiger charge is -2.31. The van der Waals surface area contributed by atoms with Crippen LogP contribution in [-0.4, -0.2) is 62.5 Å². The summed E-state index contributed by atoms with van der Waals surface area (Å²) in [6.45, 7) is 0. The number of nitrogens with two attached hydrogens (primary N) is 2. The maximum absolute atomic E-state index is 13.0. The first-order chi connectivity index (χ1) is 18.0. The van der Waals surface area contributed by atoms with Crippen LogP contribution in [0.1, 0.15) is 78.6 Å². The molecule has 4 amide bonds. The Labute approximate surface area is 216 Å². The number of carboxylic acids is 4. The molecular weight excluding hydrogens is 535 g/mol. The number of alkyl halides is 3. The van der Waals surface area contributed by atoms with Crippen molar-refractivity contribution in [3.05, 3.63) is 46.0 Å². The molecule has 0 aliphatic heterocycles. The van der Waals surface area contributed by atoms with Gasteiger partial charge in [0, 0.05) is 10.8 Å². The molecule has 0 saturated heterocycles. The van der Waals surface area contributed by atoms with Crippen molar-refractivity contribution >= 4 is 46.7 Å². The highest BCUT2D eigenvalue weighted by Gasteiger charge is 2.42. The molecule has 39 heavy (non-hydrogen) atoms. The molecular formula is C23H22F3N3O10. The zero-order valence-corrected chi connectivity index (χ0v) is 19.7. The number of halogens is 3. The summed E-state index contributed by atoms with van der Waals surface area (Å²) in [6.07, 6.45) is -5.18. The van der Waals surface area contributed by atoms with Crippen molar-refractivity contribution in [2.45, 2.75) is 37.8 Å². The molecule has 1 saturated carbocycles. The summed E-state index contributed by atoms with van der Waals surface area (Å²) >= 11 is 0. The maximum Gasteiger partial charge on any atom is 0.391 e. The second-order valence-electron chi connectivity index (χ2n) is 8.46. The molecule has 3 rings (SSSR count). The number of fused-ring (bicyclic) bond motifs is 1. The van der Waals surface area contributed by atoms with Crippen LogP contribution in [-0.2, 0) is 0 Å². The van der Waals surface area contributed by atoms with E-state index in [4.69, 9.17) is 0 Å². The van der Waals surface area contributed by atoms with Crippen molar-refractivity contribution in [3.63, 3.8) is 0 Å². The van der Waals surface area contributed by atoms with Gasteiger partial charge in [-0.05, 0) is 55.4 Å². The van der Waals surface area contributed by atoms with Crippen molar-refractivity contribution in [1.29, 1.82) is 0 Å². The predicted octanol–water partition coefficient (Wildman–Crippen LogP) is 3.20. The summed E-state index contributed by atoms with van der Waals surface area (Å²) in [5, 5.41) is 39.0. The number of carbonyl (C=O) groups is 6. The smallest absolute Gasteiger partial charge is 0.391 e. The molecule has 1 fully saturated rings. The number of rotatable bonds is 5. The van der Waals surface area contributed by atoms with E-state index < -0.39 is 87.0 Å². The lowest BCUT2D eigenvalue weighted by molar-refractivity contribution is -0.182. The van der Waals surface area contributed by atoms with Gasteiger partial charge in [-0.25, -0.2) is 28.8 Å². The monoisotopic (exact) mass is 557 g/mol. The molecule has 210 valence electrons. The second-order valence-corrected chi connectivity index (χ2v) is 8.46. The molecule has 1 aliphatic rings. The van der Waals surface area contributed by atoms with Crippen molar-refractivity contribution in [2.75, 3.05) is 0 Å². The van der Waals surface area contributed by atoms with Crippen LogP contribution in [0.25, 0.3) is 10.8 Å². The predicted molar refractivity (Wildman–Crippen MR) is 125 cm³/mol. The summed E-state index contributed by atoms with van der Waals surface area (Å²) in [6, 6.07) is 0.821. The van der Waals surface area contributed by atoms with E-state index in [0.717, 1.165) is 18.2 Å². The largest absolute Gasteiger partial charge is 0.478 e. The molecule has 0 atom stereocenters. The normalized spacial score (nSPS) is 16.9. The number of amides is 4. The topological polar surface area (TPSA) is 247 Å². The highest BCUT2D eigenvalue weighted by atomic mass is 19.4. The van der Waals surface area contributed by atoms with Crippen LogP contribution in [0.4, 0.5) is 22.8 Å². The first-order valence-corrected chi connectivity index (χ1v) is 11.0. The van der Waals surface area contributed by atoms with Gasteiger partial charge in [-0.2, -0.15) is 13.2 Å². The van der Waals surface area contributed by atoms with Crippen LogP contribution in [0.15, 0.2) is 18.2 Å². The van der Waals surface area contributed by atoms with E-state index in [1.54, 1.807) is 5.32 Å². The third kappa shape index (κ3) is 6.91. The Morgan fingerprint density at radius 1 is 0.718 bits per heavy atom. The first kappa shape index (κ1) is 30.3. The Hall–Kier alpha value is -4.89. The number of primary amides is 2. The molecule has 2 aromatic rings. The maximum atomic E-state index is 13.0. The van der Waals surface area contributed by atoms with Crippen LogP contribution in [0.3, 0.4) is 0 Å². The quantitative estimate of drug-likeness (QED) is 0.283.